The SMILES string of the molecule is COc1cc(C(=O)NO)ccc1CN(C(C)C)S(=O)(=O)c1cc(C)c(F)c(F)c1F.Cc1c(F)c(F)c(F)c(F)c1S(=O)(=O)N(Cc1cc(F)c(C(=O)NO)cc1F)C(C)C.O=C(NO)c1ccc(CN(C2CCCC2)S(=O)(=O)c2cc(F)c(F)c(F)c2F)cc1. The minimum absolute atomic E-state index is 0.0549. The van der Waals surface area contributed by atoms with Crippen LogP contribution in [0.4, 0.5) is 57.1 Å². The van der Waals surface area contributed by atoms with E-state index in [0.29, 0.717) is 40.4 Å². The number of hydrogen-bond donors (Lipinski definition) is 6. The zero-order valence-electron chi connectivity index (χ0n) is 48.4. The van der Waals surface area contributed by atoms with Gasteiger partial charge in [-0.25, -0.2) is 98.8 Å². The van der Waals surface area contributed by atoms with E-state index >= 15 is 0 Å². The Kier molecular flexibility index (Phi) is 24.5. The number of sulfonamides is 3. The molecule has 6 aromatic carbocycles. The number of carbonyl (C=O) groups excluding carboxylic acids is 3. The number of ether oxygens (including phenoxy) is 1. The van der Waals surface area contributed by atoms with Crippen LogP contribution in [0.5, 0.6) is 5.75 Å². The second kappa shape index (κ2) is 30.1. The third-order valence-corrected chi connectivity index (χ3v) is 20.0. The van der Waals surface area contributed by atoms with Gasteiger partial charge in [0.05, 0.1) is 12.7 Å². The summed E-state index contributed by atoms with van der Waals surface area (Å²) in [5.41, 5.74) is 2.07. The van der Waals surface area contributed by atoms with Crippen molar-refractivity contribution in [3.8, 4) is 5.75 Å². The Balaban J connectivity index is 0.000000248. The predicted molar refractivity (Wildman–Crippen MR) is 293 cm³/mol. The smallest absolute Gasteiger partial charge is 0.277 e. The van der Waals surface area contributed by atoms with Crippen LogP contribution in [0.2, 0.25) is 0 Å². The summed E-state index contributed by atoms with van der Waals surface area (Å²) in [6, 6.07) is 9.05. The molecule has 91 heavy (non-hydrogen) atoms. The number of carbonyl (C=O) groups is 3. The molecule has 0 bridgehead atoms. The lowest BCUT2D eigenvalue weighted by atomic mass is 10.1. The van der Waals surface area contributed by atoms with Gasteiger partial charge in [0.25, 0.3) is 17.7 Å². The van der Waals surface area contributed by atoms with Crippen LogP contribution < -0.4 is 21.2 Å². The molecule has 3 amide bonds. The quantitative estimate of drug-likeness (QED) is 0.0145. The largest absolute Gasteiger partial charge is 0.496 e. The number of nitrogens with one attached hydrogen (secondary N) is 3. The van der Waals surface area contributed by atoms with E-state index in [2.05, 4.69) is 0 Å². The summed E-state index contributed by atoms with van der Waals surface area (Å²) in [7, 11) is -13.1. The van der Waals surface area contributed by atoms with Crippen molar-refractivity contribution in [2.75, 3.05) is 7.11 Å². The molecule has 35 heteroatoms. The number of benzene rings is 6. The van der Waals surface area contributed by atoms with Gasteiger partial charge in [-0.15, -0.1) is 0 Å². The lowest BCUT2D eigenvalue weighted by Crippen LogP contribution is -2.39. The van der Waals surface area contributed by atoms with E-state index in [1.165, 1.54) is 88.2 Å². The van der Waals surface area contributed by atoms with E-state index < -0.39 is 179 Å². The molecule has 19 nitrogen and oxygen atoms in total. The third kappa shape index (κ3) is 15.9. The topological polar surface area (TPSA) is 269 Å². The zero-order chi connectivity index (χ0) is 68.7. The van der Waals surface area contributed by atoms with Gasteiger partial charge in [0, 0.05) is 71.6 Å². The van der Waals surface area contributed by atoms with E-state index in [4.69, 9.17) is 20.4 Å². The molecule has 1 fully saturated rings. The second-order valence-corrected chi connectivity index (χ2v) is 25.9. The second-order valence-electron chi connectivity index (χ2n) is 20.4. The molecule has 0 atom stereocenters. The van der Waals surface area contributed by atoms with Gasteiger partial charge >= 0.3 is 0 Å². The molecule has 6 N–H and O–H groups in total. The molecule has 0 radical (unpaired) electrons. The van der Waals surface area contributed by atoms with Crippen molar-refractivity contribution in [3.05, 3.63) is 187 Å². The van der Waals surface area contributed by atoms with E-state index in [0.717, 1.165) is 46.8 Å². The van der Waals surface area contributed by atoms with Crippen molar-refractivity contribution in [2.24, 2.45) is 0 Å². The maximum absolute atomic E-state index is 14.4. The molecule has 0 aliphatic heterocycles. The maximum atomic E-state index is 14.4. The molecule has 0 spiro atoms. The van der Waals surface area contributed by atoms with Gasteiger partial charge in [0.2, 0.25) is 30.1 Å². The molecule has 7 rings (SSSR count). The summed E-state index contributed by atoms with van der Waals surface area (Å²) in [6.45, 7) is 5.95. The highest BCUT2D eigenvalue weighted by atomic mass is 32.2. The van der Waals surface area contributed by atoms with E-state index in [9.17, 15) is 96.7 Å². The molecule has 6 aromatic rings. The first-order valence-corrected chi connectivity index (χ1v) is 30.6. The molecule has 1 aliphatic rings. The molecule has 1 aliphatic carbocycles. The Morgan fingerprint density at radius 3 is 1.51 bits per heavy atom. The first-order chi connectivity index (χ1) is 42.4. The summed E-state index contributed by atoms with van der Waals surface area (Å²) in [5.74, 6) is -27.2. The number of rotatable bonds is 19. The highest BCUT2D eigenvalue weighted by Gasteiger charge is 2.40. The van der Waals surface area contributed by atoms with Gasteiger partial charge in [-0.3, -0.25) is 30.0 Å². The normalized spacial score (nSPS) is 12.9. The van der Waals surface area contributed by atoms with Gasteiger partial charge in [-0.05, 0) is 108 Å². The molecule has 496 valence electrons. The van der Waals surface area contributed by atoms with Crippen LogP contribution in [-0.4, -0.2) is 96.7 Å². The minimum atomic E-state index is -5.08. The Morgan fingerprint density at radius 1 is 0.505 bits per heavy atom. The number of aryl methyl sites for hydroxylation is 1. The van der Waals surface area contributed by atoms with Crippen molar-refractivity contribution in [1.82, 2.24) is 29.4 Å². The van der Waals surface area contributed by atoms with Crippen molar-refractivity contribution in [3.63, 3.8) is 0 Å². The first-order valence-electron chi connectivity index (χ1n) is 26.3. The minimum Gasteiger partial charge on any atom is -0.496 e. The Morgan fingerprint density at radius 2 is 0.978 bits per heavy atom. The Bertz CT molecular complexity index is 4080. The van der Waals surface area contributed by atoms with Crippen LogP contribution in [0.3, 0.4) is 0 Å². The van der Waals surface area contributed by atoms with E-state index in [1.54, 1.807) is 0 Å². The lowest BCUT2D eigenvalue weighted by Gasteiger charge is -2.28. The first kappa shape index (κ1) is 74.0. The fourth-order valence-corrected chi connectivity index (χ4v) is 14.5. The van der Waals surface area contributed by atoms with Crippen LogP contribution >= 0.6 is 0 Å². The summed E-state index contributed by atoms with van der Waals surface area (Å²) in [5, 5.41) is 25.9. The fraction of sp³-hybridized carbons (Fsp3) is 0.304. The molecule has 1 saturated carbocycles. The summed E-state index contributed by atoms with van der Waals surface area (Å²) < 4.78 is 266. The van der Waals surface area contributed by atoms with Gasteiger partial charge in [0.1, 0.15) is 32.1 Å². The number of amides is 3. The molecule has 0 heterocycles. The highest BCUT2D eigenvalue weighted by Crippen LogP contribution is 2.36. The molecule has 0 aromatic heterocycles. The average Bonchev–Trinajstić information content (AvgIpc) is 1.08. The maximum Gasteiger partial charge on any atom is 0.277 e. The predicted octanol–water partition coefficient (Wildman–Crippen LogP) is 10.2. The number of hydroxylamine groups is 3. The van der Waals surface area contributed by atoms with Crippen molar-refractivity contribution >= 4 is 47.8 Å². The summed E-state index contributed by atoms with van der Waals surface area (Å²) in [6.07, 6.45) is 2.39. The van der Waals surface area contributed by atoms with Crippen LogP contribution in [-0.2, 0) is 49.7 Å². The van der Waals surface area contributed by atoms with Crippen LogP contribution in [0, 0.1) is 89.5 Å². The van der Waals surface area contributed by atoms with Gasteiger partial charge in [0.15, 0.2) is 64.0 Å². The fourth-order valence-electron chi connectivity index (χ4n) is 9.08. The van der Waals surface area contributed by atoms with E-state index in [1.807, 2.05) is 0 Å². The number of methoxy groups -OCH3 is 1. The number of nitrogens with zero attached hydrogens (tertiary/aromatic N) is 3. The van der Waals surface area contributed by atoms with Crippen molar-refractivity contribution in [1.29, 1.82) is 0 Å². The van der Waals surface area contributed by atoms with E-state index in [-0.39, 0.29) is 41.6 Å². The van der Waals surface area contributed by atoms with Gasteiger partial charge in [-0.1, -0.05) is 31.0 Å². The van der Waals surface area contributed by atoms with Gasteiger partial charge in [-0.2, -0.15) is 12.9 Å². The highest BCUT2D eigenvalue weighted by molar-refractivity contribution is 7.89. The number of hydrogen-bond acceptors (Lipinski definition) is 13. The van der Waals surface area contributed by atoms with Crippen molar-refractivity contribution < 1.29 is 117 Å². The standard InChI is InChI=1S/C19H18F4N2O4S.C19H21F3N2O5S.C18H16F6N2O4S/c20-14-9-15(17(22)18(23)16(14)21)30(28,29)25(13-3-1-2-4-13)10-11-5-7-12(8-6-11)19(26)24-27;1-10(2)24(9-13-6-5-12(19(25)23-26)8-14(13)29-4)30(27,28)15-7-11(3)16(20)18(22)17(15)21;1-7(2)26(6-9-4-12(20)10(5-11(9)19)18(27)25-28)31(29,30)17-8(3)13(21)14(22)15(23)16(17)24/h5-9,13,27H,1-4,10H2,(H,24,26);5-8,10,26H,9H2,1-4H3,(H,23,25);4-5,7,28H,6H2,1-3H3,(H,25,27). The Labute approximate surface area is 511 Å². The molecular weight excluding hydrogens is 1310 g/mol. The summed E-state index contributed by atoms with van der Waals surface area (Å²) in [4.78, 5) is 30.6. The lowest BCUT2D eigenvalue weighted by molar-refractivity contribution is 0.0698. The molecule has 0 unspecified atom stereocenters. The van der Waals surface area contributed by atoms with Crippen LogP contribution in [0.1, 0.15) is 112 Å². The Hall–Kier alpha value is -7.77. The molecular formula is C56H55F13N6O13S3. The molecule has 0 saturated heterocycles. The van der Waals surface area contributed by atoms with Crippen LogP contribution in [0.15, 0.2) is 81.4 Å². The van der Waals surface area contributed by atoms with Crippen LogP contribution in [0.25, 0.3) is 0 Å². The summed E-state index contributed by atoms with van der Waals surface area (Å²) >= 11 is 0. The third-order valence-electron chi connectivity index (χ3n) is 13.9. The van der Waals surface area contributed by atoms with Gasteiger partial charge < -0.3 is 4.74 Å². The number of halogens is 13. The monoisotopic (exact) mass is 1360 g/mol. The average molecular weight is 1360 g/mol. The zero-order valence-corrected chi connectivity index (χ0v) is 50.9. The van der Waals surface area contributed by atoms with Crippen molar-refractivity contribution in [2.45, 2.75) is 120 Å².